The van der Waals surface area contributed by atoms with E-state index in [4.69, 9.17) is 14.4 Å². The smallest absolute Gasteiger partial charge is 0.227 e. The van der Waals surface area contributed by atoms with E-state index in [-0.39, 0.29) is 20.1 Å². The Kier molecular flexibility index (Phi) is 6.86. The molecule has 6 heterocycles. The number of furan rings is 1. The van der Waals surface area contributed by atoms with E-state index in [0.717, 1.165) is 77.7 Å². The summed E-state index contributed by atoms with van der Waals surface area (Å²) in [5, 5.41) is 3.06. The molecule has 0 aliphatic heterocycles. The summed E-state index contributed by atoms with van der Waals surface area (Å²) in [7, 11) is 0. The van der Waals surface area contributed by atoms with E-state index in [9.17, 15) is 0 Å². The first-order chi connectivity index (χ1) is 22.5. The first-order valence-corrected chi connectivity index (χ1v) is 15.1. The second kappa shape index (κ2) is 11.1. The minimum Gasteiger partial charge on any atom is -0.438 e. The van der Waals surface area contributed by atoms with Crippen molar-refractivity contribution >= 4 is 66.5 Å². The van der Waals surface area contributed by atoms with Crippen LogP contribution in [0.4, 0.5) is 0 Å². The van der Waals surface area contributed by atoms with E-state index in [1.807, 2.05) is 80.7 Å². The number of nitrogens with zero attached hydrogens (tertiary/aromatic N) is 6. The van der Waals surface area contributed by atoms with E-state index in [2.05, 4.69) is 74.2 Å². The van der Waals surface area contributed by atoms with Crippen LogP contribution in [0.1, 0.15) is 16.8 Å². The number of pyridine rings is 2. The van der Waals surface area contributed by atoms with Crippen molar-refractivity contribution in [3.63, 3.8) is 0 Å². The molecule has 0 spiro atoms. The van der Waals surface area contributed by atoms with Crippen LogP contribution in [0, 0.1) is 32.9 Å². The minimum absolute atomic E-state index is 0. The molecule has 0 fully saturated rings. The number of rotatable bonds is 1. The molecule has 1 radical (unpaired) electrons. The summed E-state index contributed by atoms with van der Waals surface area (Å²) in [5.74, 6) is 0.808. The Bertz CT molecular complexity index is 2730. The zero-order chi connectivity index (χ0) is 30.9. The van der Waals surface area contributed by atoms with Gasteiger partial charge < -0.3 is 9.40 Å². The van der Waals surface area contributed by atoms with Gasteiger partial charge >= 0.3 is 0 Å². The molecule has 0 saturated carbocycles. The van der Waals surface area contributed by atoms with Gasteiger partial charge in [-0.15, -0.1) is 41.5 Å². The summed E-state index contributed by atoms with van der Waals surface area (Å²) >= 11 is 0. The van der Waals surface area contributed by atoms with Gasteiger partial charge in [-0.1, -0.05) is 31.2 Å². The van der Waals surface area contributed by atoms with Crippen LogP contribution in [0.25, 0.3) is 77.7 Å². The van der Waals surface area contributed by atoms with E-state index in [0.29, 0.717) is 5.71 Å². The van der Waals surface area contributed by atoms with E-state index < -0.39 is 0 Å². The zero-order valence-electron chi connectivity index (χ0n) is 25.7. The zero-order valence-corrected chi connectivity index (χ0v) is 28.1. The number of aromatic nitrogens is 6. The second-order valence-electron chi connectivity index (χ2n) is 11.7. The number of hydrogen-bond donors (Lipinski definition) is 0. The van der Waals surface area contributed by atoms with Gasteiger partial charge in [0.25, 0.3) is 0 Å². The van der Waals surface area contributed by atoms with Crippen LogP contribution in [0.15, 0.2) is 108 Å². The Morgan fingerprint density at radius 2 is 1.53 bits per heavy atom. The largest absolute Gasteiger partial charge is 0.438 e. The third kappa shape index (κ3) is 4.68. The maximum Gasteiger partial charge on any atom is 0.227 e. The molecule has 229 valence electrons. The van der Waals surface area contributed by atoms with Crippen molar-refractivity contribution in [3.8, 4) is 11.3 Å². The van der Waals surface area contributed by atoms with Crippen molar-refractivity contribution in [2.45, 2.75) is 20.8 Å². The molecule has 10 rings (SSSR count). The Morgan fingerprint density at radius 3 is 2.36 bits per heavy atom. The first-order valence-electron chi connectivity index (χ1n) is 15.1. The molecule has 6 aromatic heterocycles. The summed E-state index contributed by atoms with van der Waals surface area (Å²) in [6.45, 7) is 6.07. The first kappa shape index (κ1) is 29.0. The van der Waals surface area contributed by atoms with Crippen molar-refractivity contribution < 1.29 is 24.5 Å². The quantitative estimate of drug-likeness (QED) is 0.156. The number of fused-ring (bicyclic) bond motifs is 13. The fourth-order valence-electron chi connectivity index (χ4n) is 6.17. The summed E-state index contributed by atoms with van der Waals surface area (Å²) < 4.78 is 10.5. The van der Waals surface area contributed by atoms with Crippen molar-refractivity contribution in [1.82, 2.24) is 28.7 Å². The minimum atomic E-state index is 0. The normalized spacial score (nSPS) is 11.6. The average Bonchev–Trinajstić information content (AvgIpc) is 3.76. The Balaban J connectivity index is 0.000000183. The maximum atomic E-state index is 6.17. The maximum absolute atomic E-state index is 6.17. The fraction of sp³-hybridized carbons (Fsp3) is 0.0769. The van der Waals surface area contributed by atoms with Gasteiger partial charge in [0.1, 0.15) is 11.2 Å². The molecule has 0 unspecified atom stereocenters. The molecule has 8 heteroatoms. The van der Waals surface area contributed by atoms with Gasteiger partial charge in [0.2, 0.25) is 11.5 Å². The standard InChI is InChI=1S/C26H14N5O.C13H12N.Ir/c1-14-10-11-15-16-12-17-22(13-23(16)32-25(15)27-14)30-20-8-4-3-7-19(20)29-26(30)31-21-9-5-2-6-18(21)28-24(17)31;1-10-3-6-12(7-4-10)13-8-5-11(2)9-14-13;/h2-8,10-13H,1H3;3-6,8-9H,1-2H3;/q2*-1;. The SMILES string of the molecule is Cc1c[c-]c(-c2ccc(C)cn2)cc1.Cc1ccc2c(n1)oc1cc3c(cc12)c1nc2ccc[c-]c2n1c1nc2ccccc2n31.[Ir]. The van der Waals surface area contributed by atoms with Crippen molar-refractivity contribution in [1.29, 1.82) is 0 Å². The van der Waals surface area contributed by atoms with Crippen LogP contribution in [-0.4, -0.2) is 28.7 Å². The van der Waals surface area contributed by atoms with Crippen LogP contribution >= 0.6 is 0 Å². The molecular formula is C39H26IrN6O-2. The molecule has 0 bridgehead atoms. The molecule has 4 aromatic carbocycles. The van der Waals surface area contributed by atoms with Crippen molar-refractivity contribution in [2.75, 3.05) is 0 Å². The number of aryl methyl sites for hydroxylation is 3. The molecule has 47 heavy (non-hydrogen) atoms. The molecule has 0 aliphatic carbocycles. The molecule has 0 saturated heterocycles. The molecule has 0 N–H and O–H groups in total. The predicted molar refractivity (Wildman–Crippen MR) is 183 cm³/mol. The number of benzene rings is 4. The Hall–Kier alpha value is -5.43. The fourth-order valence-corrected chi connectivity index (χ4v) is 6.17. The third-order valence-corrected chi connectivity index (χ3v) is 8.45. The van der Waals surface area contributed by atoms with Crippen LogP contribution in [0.2, 0.25) is 0 Å². The van der Waals surface area contributed by atoms with Crippen LogP contribution in [0.5, 0.6) is 0 Å². The summed E-state index contributed by atoms with van der Waals surface area (Å²) in [6, 6.07) is 39.2. The van der Waals surface area contributed by atoms with Gasteiger partial charge in [-0.05, 0) is 66.5 Å². The molecule has 7 nitrogen and oxygen atoms in total. The Labute approximate surface area is 282 Å². The molecule has 0 atom stereocenters. The van der Waals surface area contributed by atoms with E-state index in [1.165, 1.54) is 11.1 Å². The van der Waals surface area contributed by atoms with E-state index >= 15 is 0 Å². The van der Waals surface area contributed by atoms with Crippen LogP contribution in [0.3, 0.4) is 0 Å². The number of hydrogen-bond acceptors (Lipinski definition) is 5. The Morgan fingerprint density at radius 1 is 0.681 bits per heavy atom. The molecule has 0 aliphatic rings. The number of imidazole rings is 2. The molecule has 10 aromatic rings. The van der Waals surface area contributed by atoms with Crippen LogP contribution < -0.4 is 0 Å². The van der Waals surface area contributed by atoms with Gasteiger partial charge in [-0.25, -0.2) is 9.97 Å². The van der Waals surface area contributed by atoms with Gasteiger partial charge in [0.05, 0.1) is 16.6 Å². The van der Waals surface area contributed by atoms with Gasteiger partial charge in [-0.2, -0.15) is 18.2 Å². The molecule has 0 amide bonds. The number of para-hydroxylation sites is 3. The van der Waals surface area contributed by atoms with E-state index in [1.54, 1.807) is 0 Å². The third-order valence-electron chi connectivity index (χ3n) is 8.45. The summed E-state index contributed by atoms with van der Waals surface area (Å²) in [5.41, 5.74) is 12.5. The van der Waals surface area contributed by atoms with Gasteiger partial charge in [-0.3, -0.25) is 13.8 Å². The van der Waals surface area contributed by atoms with Crippen molar-refractivity contribution in [2.24, 2.45) is 0 Å². The summed E-state index contributed by atoms with van der Waals surface area (Å²) in [6.07, 6.45) is 1.88. The van der Waals surface area contributed by atoms with Gasteiger partial charge in [0, 0.05) is 54.2 Å². The van der Waals surface area contributed by atoms with Crippen LogP contribution in [-0.2, 0) is 20.1 Å². The molecular weight excluding hydrogens is 761 g/mol. The topological polar surface area (TPSA) is 73.5 Å². The predicted octanol–water partition coefficient (Wildman–Crippen LogP) is 9.01. The van der Waals surface area contributed by atoms with Gasteiger partial charge in [0.15, 0.2) is 0 Å². The second-order valence-corrected chi connectivity index (χ2v) is 11.7. The summed E-state index contributed by atoms with van der Waals surface area (Å²) in [4.78, 5) is 18.9. The van der Waals surface area contributed by atoms with Crippen molar-refractivity contribution in [3.05, 3.63) is 132 Å². The average molecular weight is 787 g/mol. The monoisotopic (exact) mass is 787 g/mol.